The summed E-state index contributed by atoms with van der Waals surface area (Å²) in [6, 6.07) is 26.7. The van der Waals surface area contributed by atoms with Crippen LogP contribution in [0.4, 0.5) is 0 Å². The number of hydrogen-bond donors (Lipinski definition) is 0. The van der Waals surface area contributed by atoms with Crippen molar-refractivity contribution >= 4 is 62.0 Å². The molecule has 2 unspecified atom stereocenters. The van der Waals surface area contributed by atoms with Crippen molar-refractivity contribution in [3.63, 3.8) is 0 Å². The van der Waals surface area contributed by atoms with Crippen molar-refractivity contribution in [1.82, 2.24) is 0 Å². The molecule has 0 heterocycles. The molecule has 2 atom stereocenters. The van der Waals surface area contributed by atoms with E-state index in [1.165, 1.54) is 0 Å². The molecule has 0 aliphatic carbocycles. The van der Waals surface area contributed by atoms with E-state index in [0.717, 1.165) is 32.7 Å². The van der Waals surface area contributed by atoms with Crippen molar-refractivity contribution in [2.24, 2.45) is 0 Å². The molecule has 175 valence electrons. The Labute approximate surface area is 212 Å². The van der Waals surface area contributed by atoms with Gasteiger partial charge in [-0.3, -0.25) is 8.37 Å². The van der Waals surface area contributed by atoms with Gasteiger partial charge < -0.3 is 9.11 Å². The minimum atomic E-state index is -3.81. The molecule has 0 saturated carbocycles. The summed E-state index contributed by atoms with van der Waals surface area (Å²) in [5, 5.41) is 4.04. The third kappa shape index (κ3) is 8.98. The summed E-state index contributed by atoms with van der Waals surface area (Å²) in [4.78, 5) is 0. The smallest absolute Gasteiger partial charge is 0.748 e. The molecular weight excluding hydrogens is 547 g/mol. The summed E-state index contributed by atoms with van der Waals surface area (Å²) in [6.07, 6.45) is 0. The molecule has 0 saturated heterocycles. The average molecular weight is 566 g/mol. The third-order valence-corrected chi connectivity index (χ3v) is 5.87. The zero-order valence-corrected chi connectivity index (χ0v) is 21.2. The van der Waals surface area contributed by atoms with Gasteiger partial charge >= 0.3 is 16.8 Å². The number of fused-ring (bicyclic) bond motifs is 2. The van der Waals surface area contributed by atoms with Gasteiger partial charge in [0.15, 0.2) is 0 Å². The molecule has 1 radical (unpaired) electrons. The van der Waals surface area contributed by atoms with Crippen molar-refractivity contribution in [3.05, 3.63) is 96.1 Å². The van der Waals surface area contributed by atoms with Crippen molar-refractivity contribution in [2.45, 2.75) is 13.2 Å². The predicted molar refractivity (Wildman–Crippen MR) is 130 cm³/mol. The Balaban J connectivity index is 0.000000227. The van der Waals surface area contributed by atoms with Crippen LogP contribution in [-0.4, -0.2) is 17.5 Å². The second-order valence-electron chi connectivity index (χ2n) is 6.62. The summed E-state index contributed by atoms with van der Waals surface area (Å²) < 4.78 is 52.2. The van der Waals surface area contributed by atoms with Gasteiger partial charge in [0.05, 0.1) is 31.3 Å². The first-order valence-electron chi connectivity index (χ1n) is 9.26. The quantitative estimate of drug-likeness (QED) is 0.342. The first-order valence-corrected chi connectivity index (χ1v) is 13.9. The fraction of sp³-hybridized carbons (Fsp3) is 0.0909. The monoisotopic (exact) mass is 565 g/mol. The van der Waals surface area contributed by atoms with Crippen molar-refractivity contribution < 1.29 is 42.7 Å². The minimum absolute atomic E-state index is 0. The fourth-order valence-electron chi connectivity index (χ4n) is 3.11. The normalized spacial score (nSPS) is 14.4. The van der Waals surface area contributed by atoms with Crippen LogP contribution in [0.15, 0.2) is 84.9 Å². The number of rotatable bonds is 6. The average Bonchev–Trinajstić information content (AvgIpc) is 2.75. The van der Waals surface area contributed by atoms with Crippen LogP contribution in [0.1, 0.15) is 11.1 Å². The summed E-state index contributed by atoms with van der Waals surface area (Å²) in [7, 11) is -7.62. The molecule has 0 aromatic heterocycles. The Hall–Kier alpha value is -1.51. The van der Waals surface area contributed by atoms with E-state index in [0.29, 0.717) is 0 Å². The Kier molecular flexibility index (Phi) is 10.3. The largest absolute Gasteiger partial charge is 2.00 e. The zero-order chi connectivity index (χ0) is 23.2. The van der Waals surface area contributed by atoms with Crippen LogP contribution >= 0.6 is 0 Å². The van der Waals surface area contributed by atoms with E-state index in [4.69, 9.17) is 0 Å². The van der Waals surface area contributed by atoms with E-state index in [9.17, 15) is 17.5 Å². The second-order valence-corrected chi connectivity index (χ2v) is 11.2. The standard InChI is InChI=1S/2C11H10O3S2.Co/c2*12-16(13,15)14-8-10-6-3-5-9-4-1-2-7-11(9)10;/h2*1-7H,8H2,(H,12,13,15);/q;;+2/p-2. The van der Waals surface area contributed by atoms with Gasteiger partial charge in [0.2, 0.25) is 0 Å². The molecular formula is C22H18CoO6S4. The van der Waals surface area contributed by atoms with Gasteiger partial charge in [0, 0.05) is 0 Å². The molecule has 0 spiro atoms. The van der Waals surface area contributed by atoms with Crippen LogP contribution in [0.25, 0.3) is 21.5 Å². The van der Waals surface area contributed by atoms with E-state index in [2.05, 4.69) is 30.7 Å². The molecule has 6 nitrogen and oxygen atoms in total. The maximum Gasteiger partial charge on any atom is 2.00 e. The van der Waals surface area contributed by atoms with E-state index in [1.807, 2.05) is 84.9 Å². The van der Waals surface area contributed by atoms with E-state index in [1.54, 1.807) is 0 Å². The van der Waals surface area contributed by atoms with Crippen LogP contribution in [0.2, 0.25) is 0 Å². The molecule has 0 amide bonds. The molecule has 0 N–H and O–H groups in total. The Bertz CT molecular complexity index is 1320. The molecule has 33 heavy (non-hydrogen) atoms. The van der Waals surface area contributed by atoms with Gasteiger partial charge in [0.25, 0.3) is 0 Å². The molecule has 4 aromatic carbocycles. The van der Waals surface area contributed by atoms with Crippen LogP contribution < -0.4 is 0 Å². The molecule has 0 fully saturated rings. The second kappa shape index (κ2) is 12.3. The summed E-state index contributed by atoms with van der Waals surface area (Å²) in [5.74, 6) is 0. The molecule has 0 aliphatic heterocycles. The Morgan fingerprint density at radius 3 is 1.30 bits per heavy atom. The number of hydrogen-bond acceptors (Lipinski definition) is 8. The summed E-state index contributed by atoms with van der Waals surface area (Å²) in [5.41, 5.74) is 1.62. The molecule has 11 heteroatoms. The van der Waals surface area contributed by atoms with Crippen LogP contribution in [0.5, 0.6) is 0 Å². The zero-order valence-electron chi connectivity index (χ0n) is 16.9. The Morgan fingerprint density at radius 1 is 0.606 bits per heavy atom. The van der Waals surface area contributed by atoms with Gasteiger partial charge in [-0.05, 0) is 55.0 Å². The first kappa shape index (κ1) is 27.7. The van der Waals surface area contributed by atoms with Gasteiger partial charge in [-0.2, -0.15) is 0 Å². The Morgan fingerprint density at radius 2 is 0.939 bits per heavy atom. The molecule has 0 aliphatic rings. The maximum atomic E-state index is 10.7. The fourth-order valence-corrected chi connectivity index (χ4v) is 3.94. The predicted octanol–water partition coefficient (Wildman–Crippen LogP) is 4.29. The van der Waals surface area contributed by atoms with Crippen LogP contribution in [-0.2, 0) is 78.8 Å². The van der Waals surface area contributed by atoms with Gasteiger partial charge in [0.1, 0.15) is 0 Å². The molecule has 4 aromatic rings. The SMILES string of the molecule is O=S([O-])(=S)OCc1cccc2ccccc12.O=S([O-])(=S)OCc1cccc2ccccc12.[Co+2]. The van der Waals surface area contributed by atoms with Crippen molar-refractivity contribution in [2.75, 3.05) is 0 Å². The molecule has 0 bridgehead atoms. The minimum Gasteiger partial charge on any atom is -0.748 e. The summed E-state index contributed by atoms with van der Waals surface area (Å²) in [6.45, 7) is -0.0413. The third-order valence-electron chi connectivity index (χ3n) is 4.48. The molecule has 4 rings (SSSR count). The van der Waals surface area contributed by atoms with Crippen LogP contribution in [0.3, 0.4) is 0 Å². The van der Waals surface area contributed by atoms with Crippen molar-refractivity contribution in [1.29, 1.82) is 0 Å². The maximum absolute atomic E-state index is 10.7. The van der Waals surface area contributed by atoms with E-state index in [-0.39, 0.29) is 30.0 Å². The van der Waals surface area contributed by atoms with Gasteiger partial charge in [-0.1, -0.05) is 84.9 Å². The topological polar surface area (TPSA) is 98.7 Å². The first-order chi connectivity index (χ1) is 15.1. The van der Waals surface area contributed by atoms with Crippen LogP contribution in [0, 0.1) is 0 Å². The van der Waals surface area contributed by atoms with Gasteiger partial charge in [-0.15, -0.1) is 0 Å². The van der Waals surface area contributed by atoms with E-state index < -0.39 is 18.1 Å². The summed E-state index contributed by atoms with van der Waals surface area (Å²) >= 11 is 8.31. The van der Waals surface area contributed by atoms with E-state index >= 15 is 0 Å². The number of benzene rings is 4. The van der Waals surface area contributed by atoms with Gasteiger partial charge in [-0.25, -0.2) is 8.42 Å². The van der Waals surface area contributed by atoms with Crippen molar-refractivity contribution in [3.8, 4) is 0 Å².